The fourth-order valence-corrected chi connectivity index (χ4v) is 5.59. The van der Waals surface area contributed by atoms with Gasteiger partial charge in [0.15, 0.2) is 0 Å². The highest BCUT2D eigenvalue weighted by molar-refractivity contribution is 5.28. The average molecular weight is 371 g/mol. The van der Waals surface area contributed by atoms with Crippen molar-refractivity contribution >= 4 is 0 Å². The number of hydrogen-bond acceptors (Lipinski definition) is 0. The first kappa shape index (κ1) is 20.6. The van der Waals surface area contributed by atoms with Gasteiger partial charge in [-0.2, -0.15) is 0 Å². The number of rotatable bonds is 8. The molecule has 0 N–H and O–H groups in total. The van der Waals surface area contributed by atoms with E-state index in [2.05, 4.69) is 19.1 Å². The minimum Gasteiger partial charge on any atom is -0.207 e. The first-order valence-corrected chi connectivity index (χ1v) is 11.6. The largest absolute Gasteiger partial charge is 0.207 e. The third-order valence-electron chi connectivity index (χ3n) is 7.28. The van der Waals surface area contributed by atoms with Gasteiger partial charge in [-0.05, 0) is 99.7 Å². The molecule has 150 valence electrons. The van der Waals surface area contributed by atoms with Crippen LogP contribution in [0.5, 0.6) is 0 Å². The number of hydrogen-bond donors (Lipinski definition) is 0. The van der Waals surface area contributed by atoms with Crippen LogP contribution in [-0.2, 0) is 0 Å². The van der Waals surface area contributed by atoms with Crippen LogP contribution < -0.4 is 0 Å². The Bertz CT molecular complexity index is 616. The van der Waals surface area contributed by atoms with Gasteiger partial charge in [0.2, 0.25) is 0 Å². The number of halogens is 1. The van der Waals surface area contributed by atoms with E-state index in [9.17, 15) is 4.39 Å². The van der Waals surface area contributed by atoms with Crippen molar-refractivity contribution in [2.24, 2.45) is 5.41 Å². The quantitative estimate of drug-likeness (QED) is 0.402. The van der Waals surface area contributed by atoms with Gasteiger partial charge in [-0.1, -0.05) is 56.4 Å². The first-order valence-electron chi connectivity index (χ1n) is 11.6. The van der Waals surface area contributed by atoms with Crippen molar-refractivity contribution in [3.63, 3.8) is 0 Å². The highest BCUT2D eigenvalue weighted by Crippen LogP contribution is 2.46. The van der Waals surface area contributed by atoms with Gasteiger partial charge in [0, 0.05) is 0 Å². The van der Waals surface area contributed by atoms with Crippen LogP contribution in [-0.4, -0.2) is 0 Å². The lowest BCUT2D eigenvalue weighted by Crippen LogP contribution is -2.25. The lowest BCUT2D eigenvalue weighted by Gasteiger charge is -2.39. The maximum Gasteiger partial charge on any atom is 0.126 e. The van der Waals surface area contributed by atoms with Crippen molar-refractivity contribution < 1.29 is 4.39 Å². The maximum absolute atomic E-state index is 14.3. The van der Waals surface area contributed by atoms with Crippen molar-refractivity contribution in [3.05, 3.63) is 46.8 Å². The molecule has 1 unspecified atom stereocenters. The summed E-state index contributed by atoms with van der Waals surface area (Å²) in [5.41, 5.74) is 4.19. The Morgan fingerprint density at radius 2 is 1.85 bits per heavy atom. The normalized spacial score (nSPS) is 20.9. The molecule has 0 aliphatic heterocycles. The van der Waals surface area contributed by atoms with Crippen LogP contribution in [0.2, 0.25) is 0 Å². The van der Waals surface area contributed by atoms with Crippen LogP contribution in [0.1, 0.15) is 114 Å². The summed E-state index contributed by atoms with van der Waals surface area (Å²) in [5, 5.41) is 0. The second-order valence-electron chi connectivity index (χ2n) is 9.37. The number of aryl methyl sites for hydroxylation is 1. The van der Waals surface area contributed by atoms with Gasteiger partial charge in [0.05, 0.1) is 0 Å². The fourth-order valence-electron chi connectivity index (χ4n) is 5.59. The van der Waals surface area contributed by atoms with Gasteiger partial charge in [0.25, 0.3) is 0 Å². The van der Waals surface area contributed by atoms with Gasteiger partial charge in [-0.15, -0.1) is 0 Å². The zero-order chi connectivity index (χ0) is 19.1. The highest BCUT2D eigenvalue weighted by Gasteiger charge is 2.32. The van der Waals surface area contributed by atoms with E-state index in [0.717, 1.165) is 12.0 Å². The van der Waals surface area contributed by atoms with Gasteiger partial charge < -0.3 is 0 Å². The summed E-state index contributed by atoms with van der Waals surface area (Å²) < 4.78 is 14.3. The molecule has 0 heterocycles. The van der Waals surface area contributed by atoms with Crippen LogP contribution in [0.4, 0.5) is 4.39 Å². The molecule has 0 amide bonds. The van der Waals surface area contributed by atoms with E-state index >= 15 is 0 Å². The second kappa shape index (κ2) is 9.89. The predicted octanol–water partition coefficient (Wildman–Crippen LogP) is 8.64. The van der Waals surface area contributed by atoms with Gasteiger partial charge in [0.1, 0.15) is 5.82 Å². The maximum atomic E-state index is 14.3. The summed E-state index contributed by atoms with van der Waals surface area (Å²) in [5.74, 6) is 0.455. The fraction of sp³-hybridized carbons (Fsp3) is 0.692. The Hall–Kier alpha value is -1.11. The Morgan fingerprint density at radius 3 is 2.52 bits per heavy atom. The van der Waals surface area contributed by atoms with E-state index in [1.54, 1.807) is 5.57 Å². The van der Waals surface area contributed by atoms with E-state index in [4.69, 9.17) is 0 Å². The number of allylic oxidation sites excluding steroid dienone is 2. The molecule has 1 aromatic rings. The molecule has 2 aliphatic rings. The van der Waals surface area contributed by atoms with Crippen LogP contribution in [0.25, 0.3) is 0 Å². The molecular formula is C26H39F. The molecule has 1 heteroatoms. The zero-order valence-electron chi connectivity index (χ0n) is 17.7. The molecule has 0 spiro atoms. The highest BCUT2D eigenvalue weighted by atomic mass is 19.1. The summed E-state index contributed by atoms with van der Waals surface area (Å²) in [4.78, 5) is 0. The van der Waals surface area contributed by atoms with Gasteiger partial charge in [-0.3, -0.25) is 0 Å². The Balaban J connectivity index is 1.75. The Labute approximate surface area is 166 Å². The van der Waals surface area contributed by atoms with Crippen LogP contribution in [0.15, 0.2) is 29.8 Å². The zero-order valence-corrected chi connectivity index (χ0v) is 17.7. The molecule has 0 bridgehead atoms. The standard InChI is InChI=1S/C26H39F/c1-3-15-26(16-8-5-9-17-26)18-14-24(19-22-10-6-4-7-11-22)23-13-12-21(2)25(27)20-23/h10,12-13,20,24H,3-9,11,14-19H2,1-2H3. The molecule has 1 aromatic carbocycles. The van der Waals surface area contributed by atoms with Crippen LogP contribution >= 0.6 is 0 Å². The molecule has 0 aromatic heterocycles. The molecule has 3 rings (SSSR count). The minimum absolute atomic E-state index is 0.0314. The van der Waals surface area contributed by atoms with Crippen molar-refractivity contribution in [1.82, 2.24) is 0 Å². The van der Waals surface area contributed by atoms with Crippen molar-refractivity contribution in [1.29, 1.82) is 0 Å². The smallest absolute Gasteiger partial charge is 0.126 e. The number of benzene rings is 1. The third-order valence-corrected chi connectivity index (χ3v) is 7.28. The van der Waals surface area contributed by atoms with Crippen molar-refractivity contribution in [2.75, 3.05) is 0 Å². The van der Waals surface area contributed by atoms with E-state index < -0.39 is 0 Å². The summed E-state index contributed by atoms with van der Waals surface area (Å²) >= 11 is 0. The van der Waals surface area contributed by atoms with Crippen molar-refractivity contribution in [3.8, 4) is 0 Å². The second-order valence-corrected chi connectivity index (χ2v) is 9.37. The minimum atomic E-state index is -0.0314. The lowest BCUT2D eigenvalue weighted by molar-refractivity contribution is 0.147. The van der Waals surface area contributed by atoms with Gasteiger partial charge in [-0.25, -0.2) is 4.39 Å². The first-order chi connectivity index (χ1) is 13.1. The molecule has 0 saturated heterocycles. The van der Waals surface area contributed by atoms with Crippen molar-refractivity contribution in [2.45, 2.75) is 110 Å². The molecule has 1 saturated carbocycles. The lowest BCUT2D eigenvalue weighted by atomic mass is 9.67. The Kier molecular flexibility index (Phi) is 7.56. The summed E-state index contributed by atoms with van der Waals surface area (Å²) in [7, 11) is 0. The SMILES string of the molecule is CCCC1(CCC(CC2=CCCCC2)c2ccc(C)c(F)c2)CCCCC1. The molecule has 1 fully saturated rings. The van der Waals surface area contributed by atoms with E-state index in [1.807, 2.05) is 19.1 Å². The summed E-state index contributed by atoms with van der Waals surface area (Å²) in [6, 6.07) is 6.01. The van der Waals surface area contributed by atoms with E-state index in [1.165, 1.54) is 89.0 Å². The van der Waals surface area contributed by atoms with Crippen LogP contribution in [0.3, 0.4) is 0 Å². The molecule has 1 atom stereocenters. The molecule has 27 heavy (non-hydrogen) atoms. The third kappa shape index (κ3) is 5.69. The average Bonchev–Trinajstić information content (AvgIpc) is 2.69. The summed E-state index contributed by atoms with van der Waals surface area (Å²) in [6.45, 7) is 4.21. The molecular weight excluding hydrogens is 331 g/mol. The molecule has 2 aliphatic carbocycles. The monoisotopic (exact) mass is 370 g/mol. The van der Waals surface area contributed by atoms with Crippen LogP contribution in [0, 0.1) is 18.2 Å². The molecule has 0 radical (unpaired) electrons. The predicted molar refractivity (Wildman–Crippen MR) is 115 cm³/mol. The van der Waals surface area contributed by atoms with Gasteiger partial charge >= 0.3 is 0 Å². The summed E-state index contributed by atoms with van der Waals surface area (Å²) in [6.07, 6.45) is 21.1. The topological polar surface area (TPSA) is 0 Å². The van der Waals surface area contributed by atoms with E-state index in [0.29, 0.717) is 11.3 Å². The molecule has 0 nitrogen and oxygen atoms in total. The van der Waals surface area contributed by atoms with E-state index in [-0.39, 0.29) is 5.82 Å². The Morgan fingerprint density at radius 1 is 1.04 bits per heavy atom.